The van der Waals surface area contributed by atoms with Gasteiger partial charge >= 0.3 is 0 Å². The predicted molar refractivity (Wildman–Crippen MR) is 160 cm³/mol. The molecule has 6 heteroatoms. The molecular weight excluding hydrogens is 496 g/mol. The first-order chi connectivity index (χ1) is 17.5. The molecule has 0 atom stereocenters. The smallest absolute Gasteiger partial charge is 0.226 e. The summed E-state index contributed by atoms with van der Waals surface area (Å²) in [5.41, 5.74) is 4.38. The number of phenols is 1. The molecule has 1 heterocycles. The lowest BCUT2D eigenvalue weighted by atomic mass is 9.78. The minimum Gasteiger partial charge on any atom is -0.507 e. The second-order valence-corrected chi connectivity index (χ2v) is 12.0. The zero-order valence-electron chi connectivity index (χ0n) is 24.3. The number of aromatic hydroxyl groups is 1. The first kappa shape index (κ1) is 31.7. The highest BCUT2D eigenvalue weighted by Gasteiger charge is 2.27. The predicted octanol–water partition coefficient (Wildman–Crippen LogP) is 8.36. The van der Waals surface area contributed by atoms with Gasteiger partial charge in [-0.25, -0.2) is 4.98 Å². The number of rotatable bonds is 12. The Morgan fingerprint density at radius 3 is 2.13 bits per heavy atom. The summed E-state index contributed by atoms with van der Waals surface area (Å²) >= 11 is 0. The van der Waals surface area contributed by atoms with Gasteiger partial charge in [-0.1, -0.05) is 79.9 Å². The van der Waals surface area contributed by atoms with Crippen LogP contribution in [0.2, 0.25) is 0 Å². The van der Waals surface area contributed by atoms with Crippen molar-refractivity contribution >= 4 is 12.4 Å². The van der Waals surface area contributed by atoms with E-state index in [1.165, 1.54) is 31.2 Å². The van der Waals surface area contributed by atoms with Gasteiger partial charge in [0.05, 0.1) is 12.3 Å². The van der Waals surface area contributed by atoms with Crippen molar-refractivity contribution in [3.63, 3.8) is 0 Å². The van der Waals surface area contributed by atoms with Gasteiger partial charge in [-0.05, 0) is 53.6 Å². The van der Waals surface area contributed by atoms with Crippen molar-refractivity contribution < 1.29 is 14.3 Å². The molecule has 5 nitrogen and oxygen atoms in total. The van der Waals surface area contributed by atoms with Crippen molar-refractivity contribution in [1.82, 2.24) is 10.3 Å². The number of halogens is 1. The Morgan fingerprint density at radius 2 is 1.55 bits per heavy atom. The summed E-state index contributed by atoms with van der Waals surface area (Å²) in [6.45, 7) is 17.4. The molecule has 0 bridgehead atoms. The Balaban J connectivity index is 0.00000507. The van der Waals surface area contributed by atoms with Gasteiger partial charge in [0.15, 0.2) is 0 Å². The van der Waals surface area contributed by atoms with Crippen molar-refractivity contribution in [3.8, 4) is 23.0 Å². The molecule has 0 aliphatic rings. The largest absolute Gasteiger partial charge is 0.507 e. The summed E-state index contributed by atoms with van der Waals surface area (Å²) in [6.07, 6.45) is 7.48. The molecule has 0 saturated heterocycles. The van der Waals surface area contributed by atoms with E-state index in [-0.39, 0.29) is 23.2 Å². The molecule has 38 heavy (non-hydrogen) atoms. The molecule has 3 aromatic rings. The van der Waals surface area contributed by atoms with E-state index in [2.05, 4.69) is 65.9 Å². The maximum Gasteiger partial charge on any atom is 0.226 e. The Kier molecular flexibility index (Phi) is 11.7. The number of unbranched alkanes of at least 4 members (excludes halogenated alkanes) is 3. The Morgan fingerprint density at radius 1 is 0.921 bits per heavy atom. The lowest BCUT2D eigenvalue weighted by molar-refractivity contribution is 0.320. The number of nitrogens with zero attached hydrogens (tertiary/aromatic N) is 1. The molecule has 0 radical (unpaired) electrons. The summed E-state index contributed by atoms with van der Waals surface area (Å²) in [7, 11) is 0. The van der Waals surface area contributed by atoms with Gasteiger partial charge in [-0.15, -0.1) is 12.4 Å². The third-order valence-electron chi connectivity index (χ3n) is 6.61. The summed E-state index contributed by atoms with van der Waals surface area (Å²) in [5.74, 6) is 1.79. The van der Waals surface area contributed by atoms with Crippen LogP contribution in [0.1, 0.15) is 96.5 Å². The average molecular weight is 543 g/mol. The first-order valence-electron chi connectivity index (χ1n) is 13.7. The number of aromatic nitrogens is 1. The summed E-state index contributed by atoms with van der Waals surface area (Å²) in [5, 5.41) is 14.5. The number of oxazole rings is 1. The van der Waals surface area contributed by atoms with Gasteiger partial charge in [0.1, 0.15) is 17.8 Å². The molecule has 0 amide bonds. The van der Waals surface area contributed by atoms with Crippen molar-refractivity contribution in [3.05, 3.63) is 65.0 Å². The van der Waals surface area contributed by atoms with Gasteiger partial charge in [-0.2, -0.15) is 0 Å². The van der Waals surface area contributed by atoms with Gasteiger partial charge in [0.25, 0.3) is 0 Å². The number of nitrogens with one attached hydrogen (secondary N) is 1. The molecule has 3 rings (SSSR count). The molecule has 210 valence electrons. The molecular formula is C32H47ClN2O3. The molecule has 2 aromatic carbocycles. The maximum absolute atomic E-state index is 11.0. The van der Waals surface area contributed by atoms with Crippen LogP contribution in [0.5, 0.6) is 11.5 Å². The van der Waals surface area contributed by atoms with Crippen molar-refractivity contribution in [2.45, 2.75) is 97.9 Å². The van der Waals surface area contributed by atoms with Crippen LogP contribution in [-0.2, 0) is 23.8 Å². The molecule has 0 fully saturated rings. The topological polar surface area (TPSA) is 67.5 Å². The fourth-order valence-corrected chi connectivity index (χ4v) is 4.34. The Labute approximate surface area is 235 Å². The Hall–Kier alpha value is -2.50. The van der Waals surface area contributed by atoms with E-state index in [1.54, 1.807) is 6.26 Å². The van der Waals surface area contributed by atoms with Crippen molar-refractivity contribution in [2.75, 3.05) is 13.2 Å². The van der Waals surface area contributed by atoms with Crippen LogP contribution in [0.3, 0.4) is 0 Å². The van der Waals surface area contributed by atoms with Crippen LogP contribution >= 0.6 is 12.4 Å². The molecule has 1 aromatic heterocycles. The molecule has 2 N–H and O–H groups in total. The Bertz CT molecular complexity index is 1090. The molecule has 0 spiro atoms. The first-order valence-corrected chi connectivity index (χ1v) is 13.7. The number of hydrogen-bond donors (Lipinski definition) is 2. The van der Waals surface area contributed by atoms with Crippen LogP contribution in [-0.4, -0.2) is 23.2 Å². The quantitative estimate of drug-likeness (QED) is 0.225. The summed E-state index contributed by atoms with van der Waals surface area (Å²) < 4.78 is 11.8. The van der Waals surface area contributed by atoms with Crippen molar-refractivity contribution in [1.29, 1.82) is 0 Å². The number of phenolic OH excluding ortho intramolecular Hbond substituents is 1. The van der Waals surface area contributed by atoms with Gasteiger partial charge in [0, 0.05) is 29.7 Å². The fourth-order valence-electron chi connectivity index (χ4n) is 4.34. The van der Waals surface area contributed by atoms with E-state index in [0.717, 1.165) is 41.2 Å². The van der Waals surface area contributed by atoms with E-state index in [9.17, 15) is 5.11 Å². The molecule has 0 aliphatic carbocycles. The van der Waals surface area contributed by atoms with Gasteiger partial charge in [-0.3, -0.25) is 0 Å². The zero-order chi connectivity index (χ0) is 27.1. The molecule has 0 saturated carbocycles. The number of ether oxygens (including phenoxy) is 1. The van der Waals surface area contributed by atoms with E-state index in [1.807, 2.05) is 24.3 Å². The molecule has 0 unspecified atom stereocenters. The monoisotopic (exact) mass is 542 g/mol. The average Bonchev–Trinajstić information content (AvgIpc) is 3.30. The fraction of sp³-hybridized carbons (Fsp3) is 0.531. The maximum atomic E-state index is 11.0. The van der Waals surface area contributed by atoms with Gasteiger partial charge in [0.2, 0.25) is 5.89 Å². The van der Waals surface area contributed by atoms with Crippen LogP contribution in [0.25, 0.3) is 11.5 Å². The van der Waals surface area contributed by atoms with E-state index in [0.29, 0.717) is 24.7 Å². The zero-order valence-corrected chi connectivity index (χ0v) is 25.1. The minimum atomic E-state index is -0.205. The highest BCUT2D eigenvalue weighted by atomic mass is 35.5. The van der Waals surface area contributed by atoms with E-state index >= 15 is 0 Å². The van der Waals surface area contributed by atoms with Crippen LogP contribution < -0.4 is 10.1 Å². The lowest BCUT2D eigenvalue weighted by Gasteiger charge is -2.27. The normalized spacial score (nSPS) is 11.9. The minimum absolute atomic E-state index is 0. The SMILES string of the molecule is CCCCCCNCc1ccc(OCCc2coc(-c3cc(C(C)(C)C)c(O)c(C(C)(C)C)c3)n2)cc1.Cl. The van der Waals surface area contributed by atoms with Crippen LogP contribution in [0.4, 0.5) is 0 Å². The highest BCUT2D eigenvalue weighted by molar-refractivity contribution is 5.85. The van der Waals surface area contributed by atoms with Crippen molar-refractivity contribution in [2.24, 2.45) is 0 Å². The molecule has 0 aliphatic heterocycles. The third kappa shape index (κ3) is 9.06. The van der Waals surface area contributed by atoms with Crippen LogP contribution in [0, 0.1) is 0 Å². The second kappa shape index (κ2) is 14.0. The summed E-state index contributed by atoms with van der Waals surface area (Å²) in [6, 6.07) is 12.3. The number of hydrogen-bond acceptors (Lipinski definition) is 5. The van der Waals surface area contributed by atoms with E-state index < -0.39 is 0 Å². The second-order valence-electron chi connectivity index (χ2n) is 12.0. The standard InChI is InChI=1S/C32H46N2O3.ClH/c1-8-9-10-11-17-33-21-23-12-14-26(15-13-23)36-18-16-25-22-37-30(34-25)24-19-27(31(2,3)4)29(35)28(20-24)32(5,6)7;/h12-15,19-20,22,33,35H,8-11,16-18,21H2,1-7H3;1H. The third-order valence-corrected chi connectivity index (χ3v) is 6.61. The number of benzene rings is 2. The van der Waals surface area contributed by atoms with E-state index in [4.69, 9.17) is 14.1 Å². The summed E-state index contributed by atoms with van der Waals surface area (Å²) in [4.78, 5) is 4.73. The highest BCUT2D eigenvalue weighted by Crippen LogP contribution is 2.41. The van der Waals surface area contributed by atoms with Gasteiger partial charge < -0.3 is 19.6 Å². The lowest BCUT2D eigenvalue weighted by Crippen LogP contribution is -2.17. The van der Waals surface area contributed by atoms with Crippen LogP contribution in [0.15, 0.2) is 47.1 Å².